The molecule has 2 rings (SSSR count). The minimum absolute atomic E-state index is 0.489. The van der Waals surface area contributed by atoms with Gasteiger partial charge < -0.3 is 10.4 Å². The molecule has 2 N–H and O–H groups in total. The molecule has 0 fully saturated rings. The smallest absolute Gasteiger partial charge is 0.0915 e. The molecule has 0 radical (unpaired) electrons. The van der Waals surface area contributed by atoms with E-state index in [1.807, 2.05) is 24.3 Å². The van der Waals surface area contributed by atoms with Gasteiger partial charge in [0.2, 0.25) is 0 Å². The molecule has 2 aromatic rings. The molecule has 0 aliphatic carbocycles. The van der Waals surface area contributed by atoms with E-state index in [1.54, 1.807) is 12.4 Å². The first kappa shape index (κ1) is 12.7. The quantitative estimate of drug-likeness (QED) is 0.845. The SMILES string of the molecule is Cc1ccccc1CNCC(O)c1ccncc1. The van der Waals surface area contributed by atoms with Crippen LogP contribution in [0.25, 0.3) is 0 Å². The second-order valence-electron chi connectivity index (χ2n) is 4.35. The average molecular weight is 242 g/mol. The van der Waals surface area contributed by atoms with Crippen LogP contribution in [0.15, 0.2) is 48.8 Å². The van der Waals surface area contributed by atoms with Gasteiger partial charge in [-0.3, -0.25) is 4.98 Å². The number of aliphatic hydroxyl groups is 1. The molecule has 0 spiro atoms. The maximum absolute atomic E-state index is 9.98. The molecule has 3 heteroatoms. The zero-order valence-electron chi connectivity index (χ0n) is 10.5. The van der Waals surface area contributed by atoms with Gasteiger partial charge in [-0.15, -0.1) is 0 Å². The van der Waals surface area contributed by atoms with Crippen LogP contribution in [0.2, 0.25) is 0 Å². The Bertz CT molecular complexity index is 485. The summed E-state index contributed by atoms with van der Waals surface area (Å²) >= 11 is 0. The molecule has 1 aromatic carbocycles. The summed E-state index contributed by atoms with van der Waals surface area (Å²) in [6, 6.07) is 11.9. The Kier molecular flexibility index (Phi) is 4.45. The van der Waals surface area contributed by atoms with Crippen LogP contribution in [-0.4, -0.2) is 16.6 Å². The Morgan fingerprint density at radius 1 is 1.17 bits per heavy atom. The third kappa shape index (κ3) is 3.39. The largest absolute Gasteiger partial charge is 0.387 e. The molecular formula is C15H18N2O. The van der Waals surface area contributed by atoms with Crippen LogP contribution in [-0.2, 0) is 6.54 Å². The molecule has 0 bridgehead atoms. The second kappa shape index (κ2) is 6.28. The summed E-state index contributed by atoms with van der Waals surface area (Å²) in [6.45, 7) is 3.41. The number of pyridine rings is 1. The maximum atomic E-state index is 9.98. The van der Waals surface area contributed by atoms with E-state index in [9.17, 15) is 5.11 Å². The number of benzene rings is 1. The molecular weight excluding hydrogens is 224 g/mol. The van der Waals surface area contributed by atoms with Gasteiger partial charge in [0.05, 0.1) is 6.10 Å². The lowest BCUT2D eigenvalue weighted by atomic mass is 10.1. The number of nitrogens with one attached hydrogen (secondary N) is 1. The van der Waals surface area contributed by atoms with Gasteiger partial charge in [0.25, 0.3) is 0 Å². The van der Waals surface area contributed by atoms with Crippen molar-refractivity contribution >= 4 is 0 Å². The van der Waals surface area contributed by atoms with Crippen LogP contribution in [0.5, 0.6) is 0 Å². The maximum Gasteiger partial charge on any atom is 0.0915 e. The van der Waals surface area contributed by atoms with Crippen molar-refractivity contribution in [2.24, 2.45) is 0 Å². The summed E-state index contributed by atoms with van der Waals surface area (Å²) in [4.78, 5) is 3.94. The molecule has 1 aromatic heterocycles. The van der Waals surface area contributed by atoms with Crippen molar-refractivity contribution in [1.82, 2.24) is 10.3 Å². The number of hydrogen-bond donors (Lipinski definition) is 2. The summed E-state index contributed by atoms with van der Waals surface area (Å²) in [7, 11) is 0. The van der Waals surface area contributed by atoms with E-state index in [2.05, 4.69) is 29.4 Å². The van der Waals surface area contributed by atoms with Crippen LogP contribution in [0, 0.1) is 6.92 Å². The monoisotopic (exact) mass is 242 g/mol. The summed E-state index contributed by atoms with van der Waals surface area (Å²) in [5, 5.41) is 13.2. The Balaban J connectivity index is 1.84. The molecule has 0 aliphatic rings. The van der Waals surface area contributed by atoms with Gasteiger partial charge in [-0.25, -0.2) is 0 Å². The minimum atomic E-state index is -0.489. The topological polar surface area (TPSA) is 45.1 Å². The highest BCUT2D eigenvalue weighted by Gasteiger charge is 2.06. The zero-order chi connectivity index (χ0) is 12.8. The lowest BCUT2D eigenvalue weighted by Gasteiger charge is -2.12. The van der Waals surface area contributed by atoms with E-state index in [-0.39, 0.29) is 0 Å². The van der Waals surface area contributed by atoms with Crippen LogP contribution in [0.4, 0.5) is 0 Å². The highest BCUT2D eigenvalue weighted by Crippen LogP contribution is 2.11. The van der Waals surface area contributed by atoms with Crippen molar-refractivity contribution in [2.45, 2.75) is 19.6 Å². The highest BCUT2D eigenvalue weighted by atomic mass is 16.3. The molecule has 0 saturated carbocycles. The van der Waals surface area contributed by atoms with Gasteiger partial charge in [-0.2, -0.15) is 0 Å². The van der Waals surface area contributed by atoms with E-state index in [1.165, 1.54) is 11.1 Å². The van der Waals surface area contributed by atoms with E-state index in [4.69, 9.17) is 0 Å². The van der Waals surface area contributed by atoms with Gasteiger partial charge in [-0.05, 0) is 35.7 Å². The Morgan fingerprint density at radius 3 is 2.61 bits per heavy atom. The van der Waals surface area contributed by atoms with E-state index < -0.39 is 6.10 Å². The third-order valence-electron chi connectivity index (χ3n) is 3.01. The Hall–Kier alpha value is -1.71. The molecule has 3 nitrogen and oxygen atoms in total. The molecule has 1 atom stereocenters. The molecule has 0 saturated heterocycles. The first-order valence-corrected chi connectivity index (χ1v) is 6.10. The van der Waals surface area contributed by atoms with Gasteiger partial charge in [0.1, 0.15) is 0 Å². The number of hydrogen-bond acceptors (Lipinski definition) is 3. The molecule has 18 heavy (non-hydrogen) atoms. The first-order valence-electron chi connectivity index (χ1n) is 6.10. The predicted molar refractivity (Wildman–Crippen MR) is 72.1 cm³/mol. The number of nitrogens with zero attached hydrogens (tertiary/aromatic N) is 1. The molecule has 94 valence electrons. The Labute approximate surface area is 108 Å². The summed E-state index contributed by atoms with van der Waals surface area (Å²) in [5.41, 5.74) is 3.42. The van der Waals surface area contributed by atoms with Crippen molar-refractivity contribution in [3.05, 3.63) is 65.5 Å². The standard InChI is InChI=1S/C15H18N2O/c1-12-4-2-3-5-14(12)10-17-11-15(18)13-6-8-16-9-7-13/h2-9,15,17-18H,10-11H2,1H3. The minimum Gasteiger partial charge on any atom is -0.387 e. The number of aromatic nitrogens is 1. The fraction of sp³-hybridized carbons (Fsp3) is 0.267. The van der Waals surface area contributed by atoms with E-state index in [0.29, 0.717) is 6.54 Å². The molecule has 0 aliphatic heterocycles. The van der Waals surface area contributed by atoms with Crippen LogP contribution in [0.3, 0.4) is 0 Å². The normalized spacial score (nSPS) is 12.3. The van der Waals surface area contributed by atoms with Crippen LogP contribution < -0.4 is 5.32 Å². The number of aryl methyl sites for hydroxylation is 1. The van der Waals surface area contributed by atoms with Crippen molar-refractivity contribution in [1.29, 1.82) is 0 Å². The summed E-state index contributed by atoms with van der Waals surface area (Å²) < 4.78 is 0. The lowest BCUT2D eigenvalue weighted by molar-refractivity contribution is 0.174. The molecule has 1 unspecified atom stereocenters. The van der Waals surface area contributed by atoms with Gasteiger partial charge in [0.15, 0.2) is 0 Å². The third-order valence-corrected chi connectivity index (χ3v) is 3.01. The number of rotatable bonds is 5. The van der Waals surface area contributed by atoms with Crippen LogP contribution >= 0.6 is 0 Å². The van der Waals surface area contributed by atoms with Crippen molar-refractivity contribution in [2.75, 3.05) is 6.54 Å². The van der Waals surface area contributed by atoms with Crippen molar-refractivity contribution in [3.63, 3.8) is 0 Å². The van der Waals surface area contributed by atoms with E-state index >= 15 is 0 Å². The van der Waals surface area contributed by atoms with E-state index in [0.717, 1.165) is 12.1 Å². The van der Waals surface area contributed by atoms with Crippen LogP contribution in [0.1, 0.15) is 22.8 Å². The predicted octanol–water partition coefficient (Wildman–Crippen LogP) is 2.21. The fourth-order valence-electron chi connectivity index (χ4n) is 1.86. The fourth-order valence-corrected chi connectivity index (χ4v) is 1.86. The highest BCUT2D eigenvalue weighted by molar-refractivity contribution is 5.25. The van der Waals surface area contributed by atoms with Gasteiger partial charge in [0, 0.05) is 25.5 Å². The lowest BCUT2D eigenvalue weighted by Crippen LogP contribution is -2.21. The van der Waals surface area contributed by atoms with Crippen molar-refractivity contribution < 1.29 is 5.11 Å². The van der Waals surface area contributed by atoms with Crippen molar-refractivity contribution in [3.8, 4) is 0 Å². The second-order valence-corrected chi connectivity index (χ2v) is 4.35. The molecule has 1 heterocycles. The molecule has 0 amide bonds. The zero-order valence-corrected chi connectivity index (χ0v) is 10.5. The first-order chi connectivity index (χ1) is 8.77. The van der Waals surface area contributed by atoms with Gasteiger partial charge >= 0.3 is 0 Å². The Morgan fingerprint density at radius 2 is 1.89 bits per heavy atom. The average Bonchev–Trinajstić information content (AvgIpc) is 2.42. The number of aliphatic hydroxyl groups excluding tert-OH is 1. The van der Waals surface area contributed by atoms with Gasteiger partial charge in [-0.1, -0.05) is 24.3 Å². The summed E-state index contributed by atoms with van der Waals surface area (Å²) in [5.74, 6) is 0. The summed E-state index contributed by atoms with van der Waals surface area (Å²) in [6.07, 6.45) is 2.90.